The van der Waals surface area contributed by atoms with Crippen LogP contribution in [0.1, 0.15) is 36.9 Å². The lowest BCUT2D eigenvalue weighted by atomic mass is 9.98. The second-order valence-corrected chi connectivity index (χ2v) is 6.89. The molecule has 1 aliphatic rings. The molecule has 152 valence electrons. The fraction of sp³-hybridized carbons (Fsp3) is 0.318. The van der Waals surface area contributed by atoms with Gasteiger partial charge in [0.25, 0.3) is 5.91 Å². The lowest BCUT2D eigenvalue weighted by molar-refractivity contribution is -0.140. The second kappa shape index (κ2) is 8.86. The van der Waals surface area contributed by atoms with Crippen LogP contribution in [0.3, 0.4) is 0 Å². The van der Waals surface area contributed by atoms with E-state index in [0.29, 0.717) is 18.6 Å². The summed E-state index contributed by atoms with van der Waals surface area (Å²) in [6.45, 7) is 1.68. The number of amides is 2. The minimum Gasteiger partial charge on any atom is -0.497 e. The first-order valence-corrected chi connectivity index (χ1v) is 9.46. The van der Waals surface area contributed by atoms with Gasteiger partial charge in [-0.2, -0.15) is 5.10 Å². The van der Waals surface area contributed by atoms with Crippen LogP contribution in [0.15, 0.2) is 53.6 Å². The number of hydrogen-bond acceptors (Lipinski definition) is 4. The number of carbonyl (C=O) groups excluding carboxylic acids is 2. The molecule has 2 aromatic carbocycles. The Balaban J connectivity index is 1.91. The van der Waals surface area contributed by atoms with Crippen molar-refractivity contribution < 1.29 is 18.7 Å². The molecule has 0 aliphatic carbocycles. The highest BCUT2D eigenvalue weighted by Gasteiger charge is 2.33. The van der Waals surface area contributed by atoms with Crippen molar-refractivity contribution in [2.45, 2.75) is 25.8 Å². The van der Waals surface area contributed by atoms with Crippen molar-refractivity contribution in [2.24, 2.45) is 5.10 Å². The van der Waals surface area contributed by atoms with E-state index in [2.05, 4.69) is 5.10 Å². The maximum Gasteiger partial charge on any atom is 0.262 e. The molecule has 0 saturated carbocycles. The molecule has 7 heteroatoms. The molecule has 29 heavy (non-hydrogen) atoms. The maximum atomic E-state index is 13.4. The quantitative estimate of drug-likeness (QED) is 0.751. The number of nitrogens with zero attached hydrogens (tertiary/aromatic N) is 3. The molecule has 0 aromatic heterocycles. The van der Waals surface area contributed by atoms with Crippen LogP contribution in [-0.4, -0.2) is 48.1 Å². The summed E-state index contributed by atoms with van der Waals surface area (Å²) in [5, 5.41) is 5.97. The largest absolute Gasteiger partial charge is 0.497 e. The molecule has 1 atom stereocenters. The first-order valence-electron chi connectivity index (χ1n) is 9.46. The third-order valence-corrected chi connectivity index (χ3v) is 4.92. The average Bonchev–Trinajstić information content (AvgIpc) is 3.19. The monoisotopic (exact) mass is 397 g/mol. The van der Waals surface area contributed by atoms with Crippen molar-refractivity contribution in [1.29, 1.82) is 0 Å². The molecular weight excluding hydrogens is 373 g/mol. The Kier molecular flexibility index (Phi) is 6.26. The third-order valence-electron chi connectivity index (χ3n) is 4.92. The van der Waals surface area contributed by atoms with Crippen LogP contribution < -0.4 is 4.74 Å². The number of hydrazone groups is 1. The number of hydrogen-bond donors (Lipinski definition) is 0. The zero-order valence-corrected chi connectivity index (χ0v) is 16.8. The number of methoxy groups -OCH3 is 1. The minimum absolute atomic E-state index is 0.0702. The summed E-state index contributed by atoms with van der Waals surface area (Å²) in [6.07, 6.45) is 0.805. The molecule has 0 saturated heterocycles. The van der Waals surface area contributed by atoms with Crippen molar-refractivity contribution in [2.75, 3.05) is 20.7 Å². The Bertz CT molecular complexity index is 927. The van der Waals surface area contributed by atoms with Gasteiger partial charge in [-0.15, -0.1) is 0 Å². The molecule has 3 rings (SSSR count). The van der Waals surface area contributed by atoms with Crippen LogP contribution >= 0.6 is 0 Å². The van der Waals surface area contributed by atoms with Gasteiger partial charge < -0.3 is 9.64 Å². The SMILES string of the molecule is CCC(=O)N(C)CC(=O)N1N=C(c2cccc(OC)c2)C[C@H]1c1ccc(F)cc1. The van der Waals surface area contributed by atoms with Crippen LogP contribution in [0.4, 0.5) is 4.39 Å². The highest BCUT2D eigenvalue weighted by molar-refractivity contribution is 6.03. The van der Waals surface area contributed by atoms with E-state index in [1.165, 1.54) is 22.0 Å². The highest BCUT2D eigenvalue weighted by Crippen LogP contribution is 2.33. The van der Waals surface area contributed by atoms with Gasteiger partial charge in [0, 0.05) is 25.5 Å². The van der Waals surface area contributed by atoms with Crippen molar-refractivity contribution in [1.82, 2.24) is 9.91 Å². The van der Waals surface area contributed by atoms with E-state index in [1.54, 1.807) is 33.2 Å². The zero-order valence-electron chi connectivity index (χ0n) is 16.8. The van der Waals surface area contributed by atoms with Gasteiger partial charge in [0.2, 0.25) is 5.91 Å². The highest BCUT2D eigenvalue weighted by atomic mass is 19.1. The van der Waals surface area contributed by atoms with Gasteiger partial charge in [-0.1, -0.05) is 31.2 Å². The van der Waals surface area contributed by atoms with Gasteiger partial charge in [0.15, 0.2) is 0 Å². The zero-order chi connectivity index (χ0) is 21.0. The topological polar surface area (TPSA) is 62.2 Å². The van der Waals surface area contributed by atoms with Gasteiger partial charge in [-0.05, 0) is 29.8 Å². The van der Waals surface area contributed by atoms with Gasteiger partial charge in [-0.3, -0.25) is 9.59 Å². The summed E-state index contributed by atoms with van der Waals surface area (Å²) >= 11 is 0. The van der Waals surface area contributed by atoms with Gasteiger partial charge in [0.05, 0.1) is 18.9 Å². The standard InChI is InChI=1S/C22H24FN3O3/c1-4-21(27)25(2)14-22(28)26-20(15-8-10-17(23)11-9-15)13-19(24-26)16-6-5-7-18(12-16)29-3/h5-12,20H,4,13-14H2,1-3H3/t20-/m0/s1. The lowest BCUT2D eigenvalue weighted by Gasteiger charge is -2.24. The number of carbonyl (C=O) groups is 2. The molecule has 0 bridgehead atoms. The van der Waals surface area contributed by atoms with E-state index in [4.69, 9.17) is 4.74 Å². The van der Waals surface area contributed by atoms with E-state index in [9.17, 15) is 14.0 Å². The molecule has 0 spiro atoms. The van der Waals surface area contributed by atoms with Crippen molar-refractivity contribution in [3.05, 3.63) is 65.5 Å². The molecule has 2 aromatic rings. The van der Waals surface area contributed by atoms with Crippen LogP contribution in [0.2, 0.25) is 0 Å². The lowest BCUT2D eigenvalue weighted by Crippen LogP contribution is -2.39. The summed E-state index contributed by atoms with van der Waals surface area (Å²) in [5.74, 6) is -0.0529. The molecule has 0 N–H and O–H groups in total. The van der Waals surface area contributed by atoms with Crippen LogP contribution in [0.25, 0.3) is 0 Å². The van der Waals surface area contributed by atoms with Gasteiger partial charge >= 0.3 is 0 Å². The second-order valence-electron chi connectivity index (χ2n) is 6.89. The Morgan fingerprint density at radius 3 is 2.62 bits per heavy atom. The Morgan fingerprint density at radius 1 is 1.24 bits per heavy atom. The van der Waals surface area contributed by atoms with E-state index in [1.807, 2.05) is 24.3 Å². The normalized spacial score (nSPS) is 15.8. The smallest absolute Gasteiger partial charge is 0.262 e. The minimum atomic E-state index is -0.366. The first kappa shape index (κ1) is 20.5. The maximum absolute atomic E-state index is 13.4. The van der Waals surface area contributed by atoms with E-state index in [-0.39, 0.29) is 30.2 Å². The van der Waals surface area contributed by atoms with E-state index >= 15 is 0 Å². The number of benzene rings is 2. The third kappa shape index (κ3) is 4.62. The van der Waals surface area contributed by atoms with E-state index in [0.717, 1.165) is 16.8 Å². The number of likely N-dealkylation sites (N-methyl/N-ethyl adjacent to an activating group) is 1. The summed E-state index contributed by atoms with van der Waals surface area (Å²) in [4.78, 5) is 26.2. The Morgan fingerprint density at radius 2 is 1.97 bits per heavy atom. The van der Waals surface area contributed by atoms with Crippen LogP contribution in [0, 0.1) is 5.82 Å². The molecule has 2 amide bonds. The Hall–Kier alpha value is -3.22. The molecule has 6 nitrogen and oxygen atoms in total. The molecule has 1 aliphatic heterocycles. The predicted molar refractivity (Wildman–Crippen MR) is 108 cm³/mol. The predicted octanol–water partition coefficient (Wildman–Crippen LogP) is 3.38. The Labute approximate surface area is 169 Å². The molecule has 0 fully saturated rings. The van der Waals surface area contributed by atoms with Gasteiger partial charge in [0.1, 0.15) is 18.1 Å². The van der Waals surface area contributed by atoms with Crippen molar-refractivity contribution in [3.8, 4) is 5.75 Å². The van der Waals surface area contributed by atoms with Crippen LogP contribution in [-0.2, 0) is 9.59 Å². The summed E-state index contributed by atoms with van der Waals surface area (Å²) in [7, 11) is 3.19. The average molecular weight is 397 g/mol. The summed E-state index contributed by atoms with van der Waals surface area (Å²) in [6, 6.07) is 13.2. The molecule has 0 radical (unpaired) electrons. The number of halogens is 1. The van der Waals surface area contributed by atoms with Crippen molar-refractivity contribution in [3.63, 3.8) is 0 Å². The molecule has 0 unspecified atom stereocenters. The molecular formula is C22H24FN3O3. The summed E-state index contributed by atoms with van der Waals surface area (Å²) in [5.41, 5.74) is 2.37. The van der Waals surface area contributed by atoms with Crippen molar-refractivity contribution >= 4 is 17.5 Å². The number of ether oxygens (including phenoxy) is 1. The first-order chi connectivity index (χ1) is 13.9. The fourth-order valence-corrected chi connectivity index (χ4v) is 3.30. The van der Waals surface area contributed by atoms with Gasteiger partial charge in [-0.25, -0.2) is 9.40 Å². The van der Waals surface area contributed by atoms with E-state index < -0.39 is 0 Å². The molecule has 1 heterocycles. The number of rotatable bonds is 6. The van der Waals surface area contributed by atoms with Crippen LogP contribution in [0.5, 0.6) is 5.75 Å². The summed E-state index contributed by atoms with van der Waals surface area (Å²) < 4.78 is 18.7. The fourth-order valence-electron chi connectivity index (χ4n) is 3.30.